The van der Waals surface area contributed by atoms with E-state index in [1.807, 2.05) is 6.92 Å². The van der Waals surface area contributed by atoms with Gasteiger partial charge in [-0.05, 0) is 30.5 Å². The number of rotatable bonds is 8. The third-order valence-electron chi connectivity index (χ3n) is 4.59. The molecule has 2 amide bonds. The molecule has 1 aromatic rings. The molecule has 0 aliphatic carbocycles. The number of carbonyl (C=O) groups is 2. The highest BCUT2D eigenvalue weighted by Gasteiger charge is 2.47. The standard InChI is InChI=1S/C17H22Cl2N2O3S/c1-2-17(10-21(5-7-25)15(23)4-3-6-22)11-8-12(18)13(19)9-14(11)20-16(17)24/h8-9,22,25H,2-7,10H2,1H3,(H,20,24). The van der Waals surface area contributed by atoms with Crippen molar-refractivity contribution >= 4 is 53.3 Å². The molecule has 1 aromatic carbocycles. The molecule has 0 saturated heterocycles. The first kappa shape index (κ1) is 20.4. The summed E-state index contributed by atoms with van der Waals surface area (Å²) >= 11 is 16.4. The summed E-state index contributed by atoms with van der Waals surface area (Å²) in [5, 5.41) is 12.6. The van der Waals surface area contributed by atoms with Gasteiger partial charge in [0, 0.05) is 37.6 Å². The van der Waals surface area contributed by atoms with Gasteiger partial charge in [-0.2, -0.15) is 12.6 Å². The third kappa shape index (κ3) is 4.08. The molecular formula is C17H22Cl2N2O3S. The molecule has 1 atom stereocenters. The zero-order valence-corrected chi connectivity index (χ0v) is 16.4. The Morgan fingerprint density at radius 2 is 2.04 bits per heavy atom. The van der Waals surface area contributed by atoms with Crippen LogP contribution < -0.4 is 5.32 Å². The molecule has 138 valence electrons. The lowest BCUT2D eigenvalue weighted by molar-refractivity contribution is -0.133. The van der Waals surface area contributed by atoms with Gasteiger partial charge in [0.05, 0.1) is 15.5 Å². The van der Waals surface area contributed by atoms with Gasteiger partial charge in [-0.1, -0.05) is 30.1 Å². The van der Waals surface area contributed by atoms with Crippen molar-refractivity contribution in [2.45, 2.75) is 31.6 Å². The number of carbonyl (C=O) groups excluding carboxylic acids is 2. The molecule has 8 heteroatoms. The van der Waals surface area contributed by atoms with Crippen molar-refractivity contribution in [3.8, 4) is 0 Å². The van der Waals surface area contributed by atoms with E-state index in [2.05, 4.69) is 17.9 Å². The van der Waals surface area contributed by atoms with Gasteiger partial charge in [-0.25, -0.2) is 0 Å². The van der Waals surface area contributed by atoms with Crippen LogP contribution >= 0.6 is 35.8 Å². The molecular weight excluding hydrogens is 383 g/mol. The van der Waals surface area contributed by atoms with Crippen molar-refractivity contribution in [2.24, 2.45) is 0 Å². The Morgan fingerprint density at radius 3 is 2.64 bits per heavy atom. The van der Waals surface area contributed by atoms with Gasteiger partial charge in [-0.3, -0.25) is 9.59 Å². The van der Waals surface area contributed by atoms with Gasteiger partial charge < -0.3 is 15.3 Å². The minimum atomic E-state index is -0.874. The fraction of sp³-hybridized carbons (Fsp3) is 0.529. The first-order valence-corrected chi connectivity index (χ1v) is 9.59. The molecule has 2 rings (SSSR count). The molecule has 0 radical (unpaired) electrons. The number of benzene rings is 1. The first-order chi connectivity index (χ1) is 11.9. The van der Waals surface area contributed by atoms with Gasteiger partial charge in [0.25, 0.3) is 0 Å². The predicted molar refractivity (Wildman–Crippen MR) is 104 cm³/mol. The number of fused-ring (bicyclic) bond motifs is 1. The second-order valence-electron chi connectivity index (χ2n) is 6.07. The summed E-state index contributed by atoms with van der Waals surface area (Å²) in [5.41, 5.74) is 0.518. The van der Waals surface area contributed by atoms with E-state index in [-0.39, 0.29) is 31.4 Å². The fourth-order valence-corrected chi connectivity index (χ4v) is 3.73. The second kappa shape index (κ2) is 8.62. The zero-order chi connectivity index (χ0) is 18.6. The molecule has 1 heterocycles. The number of halogens is 2. The van der Waals surface area contributed by atoms with Crippen molar-refractivity contribution in [1.29, 1.82) is 0 Å². The van der Waals surface area contributed by atoms with Crippen molar-refractivity contribution in [2.75, 3.05) is 30.8 Å². The summed E-state index contributed by atoms with van der Waals surface area (Å²) < 4.78 is 0. The number of amides is 2. The summed E-state index contributed by atoms with van der Waals surface area (Å²) in [6, 6.07) is 3.35. The Bertz CT molecular complexity index is 672. The van der Waals surface area contributed by atoms with E-state index in [1.165, 1.54) is 0 Å². The molecule has 0 aromatic heterocycles. The van der Waals surface area contributed by atoms with E-state index in [1.54, 1.807) is 17.0 Å². The highest BCUT2D eigenvalue weighted by Crippen LogP contribution is 2.44. The Balaban J connectivity index is 2.38. The minimum Gasteiger partial charge on any atom is -0.396 e. The van der Waals surface area contributed by atoms with E-state index >= 15 is 0 Å². The van der Waals surface area contributed by atoms with Crippen molar-refractivity contribution < 1.29 is 14.7 Å². The topological polar surface area (TPSA) is 69.6 Å². The molecule has 2 N–H and O–H groups in total. The van der Waals surface area contributed by atoms with Crippen LogP contribution in [0, 0.1) is 0 Å². The summed E-state index contributed by atoms with van der Waals surface area (Å²) in [7, 11) is 0. The third-order valence-corrected chi connectivity index (χ3v) is 5.52. The number of hydrogen-bond donors (Lipinski definition) is 3. The van der Waals surface area contributed by atoms with Crippen molar-refractivity contribution in [1.82, 2.24) is 4.90 Å². The normalized spacial score (nSPS) is 18.8. The highest BCUT2D eigenvalue weighted by molar-refractivity contribution is 7.80. The van der Waals surface area contributed by atoms with Gasteiger partial charge in [-0.15, -0.1) is 0 Å². The molecule has 1 aliphatic rings. The van der Waals surface area contributed by atoms with Crippen LogP contribution in [0.25, 0.3) is 0 Å². The van der Waals surface area contributed by atoms with Gasteiger partial charge in [0.1, 0.15) is 0 Å². The molecule has 1 unspecified atom stereocenters. The fourth-order valence-electron chi connectivity index (χ4n) is 3.16. The zero-order valence-electron chi connectivity index (χ0n) is 14.0. The molecule has 25 heavy (non-hydrogen) atoms. The lowest BCUT2D eigenvalue weighted by Crippen LogP contribution is -2.48. The SMILES string of the molecule is CCC1(CN(CCS)C(=O)CCCO)C(=O)Nc2cc(Cl)c(Cl)cc21. The summed E-state index contributed by atoms with van der Waals surface area (Å²) in [6.45, 7) is 2.54. The van der Waals surface area contributed by atoms with Crippen LogP contribution in [-0.2, 0) is 15.0 Å². The monoisotopic (exact) mass is 404 g/mol. The van der Waals surface area contributed by atoms with Crippen LogP contribution in [0.4, 0.5) is 5.69 Å². The minimum absolute atomic E-state index is 0.0448. The summed E-state index contributed by atoms with van der Waals surface area (Å²) in [5.74, 6) is 0.222. The Hall–Kier alpha value is -0.950. The number of nitrogens with zero attached hydrogens (tertiary/aromatic N) is 1. The van der Waals surface area contributed by atoms with E-state index in [0.717, 1.165) is 5.56 Å². The quantitative estimate of drug-likeness (QED) is 0.582. The summed E-state index contributed by atoms with van der Waals surface area (Å²) in [6.07, 6.45) is 1.14. The Kier molecular flexibility index (Phi) is 7.02. The predicted octanol–water partition coefficient (Wildman–Crippen LogP) is 3.12. The number of thiol groups is 1. The van der Waals surface area contributed by atoms with Crippen LogP contribution in [0.15, 0.2) is 12.1 Å². The number of hydrogen-bond acceptors (Lipinski definition) is 4. The number of anilines is 1. The number of aliphatic hydroxyl groups is 1. The molecule has 1 aliphatic heterocycles. The Morgan fingerprint density at radius 1 is 1.36 bits per heavy atom. The van der Waals surface area contributed by atoms with E-state index in [0.29, 0.717) is 40.9 Å². The highest BCUT2D eigenvalue weighted by atomic mass is 35.5. The average molecular weight is 405 g/mol. The van der Waals surface area contributed by atoms with Crippen LogP contribution in [0.5, 0.6) is 0 Å². The molecule has 0 spiro atoms. The maximum Gasteiger partial charge on any atom is 0.236 e. The van der Waals surface area contributed by atoms with Crippen LogP contribution in [-0.4, -0.2) is 47.3 Å². The number of nitrogens with one attached hydrogen (secondary N) is 1. The molecule has 0 fully saturated rings. The van der Waals surface area contributed by atoms with Crippen LogP contribution in [0.3, 0.4) is 0 Å². The lowest BCUT2D eigenvalue weighted by atomic mass is 9.78. The van der Waals surface area contributed by atoms with Gasteiger partial charge >= 0.3 is 0 Å². The van der Waals surface area contributed by atoms with E-state index < -0.39 is 5.41 Å². The van der Waals surface area contributed by atoms with Crippen LogP contribution in [0.1, 0.15) is 31.7 Å². The Labute approximate surface area is 163 Å². The molecule has 5 nitrogen and oxygen atoms in total. The van der Waals surface area contributed by atoms with E-state index in [4.69, 9.17) is 28.3 Å². The van der Waals surface area contributed by atoms with Crippen molar-refractivity contribution in [3.05, 3.63) is 27.7 Å². The number of aliphatic hydroxyl groups excluding tert-OH is 1. The maximum absolute atomic E-state index is 12.8. The average Bonchev–Trinajstić information content (AvgIpc) is 2.84. The van der Waals surface area contributed by atoms with Gasteiger partial charge in [0.2, 0.25) is 11.8 Å². The lowest BCUT2D eigenvalue weighted by Gasteiger charge is -2.33. The smallest absolute Gasteiger partial charge is 0.236 e. The van der Waals surface area contributed by atoms with Crippen LogP contribution in [0.2, 0.25) is 10.0 Å². The molecule has 0 bridgehead atoms. The first-order valence-electron chi connectivity index (χ1n) is 8.20. The van der Waals surface area contributed by atoms with Gasteiger partial charge in [0.15, 0.2) is 0 Å². The maximum atomic E-state index is 12.8. The summed E-state index contributed by atoms with van der Waals surface area (Å²) in [4.78, 5) is 26.9. The second-order valence-corrected chi connectivity index (χ2v) is 7.33. The van der Waals surface area contributed by atoms with Crippen molar-refractivity contribution in [3.63, 3.8) is 0 Å². The largest absolute Gasteiger partial charge is 0.396 e. The molecule has 0 saturated carbocycles. The van der Waals surface area contributed by atoms with E-state index in [9.17, 15) is 9.59 Å².